The van der Waals surface area contributed by atoms with Gasteiger partial charge in [-0.1, -0.05) is 38.1 Å². The van der Waals surface area contributed by atoms with Gasteiger partial charge in [0.2, 0.25) is 0 Å². The zero-order valence-corrected chi connectivity index (χ0v) is 20.1. The van der Waals surface area contributed by atoms with Gasteiger partial charge in [-0.15, -0.1) is 6.58 Å². The van der Waals surface area contributed by atoms with E-state index in [0.29, 0.717) is 24.5 Å². The molecular formula is C26H36N6O2. The third-order valence-electron chi connectivity index (χ3n) is 6.23. The molecule has 0 saturated heterocycles. The van der Waals surface area contributed by atoms with Crippen LogP contribution in [0.1, 0.15) is 60.2 Å². The van der Waals surface area contributed by atoms with Gasteiger partial charge in [-0.25, -0.2) is 10.8 Å². The van der Waals surface area contributed by atoms with Gasteiger partial charge in [0.25, 0.3) is 5.91 Å². The van der Waals surface area contributed by atoms with E-state index >= 15 is 0 Å². The number of nitrogens with one attached hydrogen (secondary N) is 2. The van der Waals surface area contributed by atoms with Gasteiger partial charge in [-0.05, 0) is 60.8 Å². The first kappa shape index (κ1) is 25.4. The maximum Gasteiger partial charge on any atom is 0.252 e. The summed E-state index contributed by atoms with van der Waals surface area (Å²) in [6, 6.07) is 9.61. The van der Waals surface area contributed by atoms with Gasteiger partial charge in [0.05, 0.1) is 11.3 Å². The van der Waals surface area contributed by atoms with Crippen LogP contribution in [-0.4, -0.2) is 35.9 Å². The van der Waals surface area contributed by atoms with Crippen LogP contribution >= 0.6 is 0 Å². The summed E-state index contributed by atoms with van der Waals surface area (Å²) in [6.45, 7) is 9.30. The molecule has 2 aromatic rings. The standard InChI is InChI=1S/C26H36N6O2/c1-4-7-18-8-5-9-21-20(18)11-12-22(24(21)32-28)34-15-6-14-26(2,3)17-30-25(33)19-10-13-23(31-27)29-16-19/h4-5,8-10,13,16,22H,1,6-7,11-12,14-15,17,27-28H2,2-3H3,(H,29,31)(H,30,33). The van der Waals surface area contributed by atoms with Gasteiger partial charge in [-0.3, -0.25) is 4.79 Å². The van der Waals surface area contributed by atoms with Crippen molar-refractivity contribution < 1.29 is 9.53 Å². The molecule has 1 aromatic heterocycles. The van der Waals surface area contributed by atoms with Crippen LogP contribution in [0.3, 0.4) is 0 Å². The van der Waals surface area contributed by atoms with E-state index < -0.39 is 0 Å². The summed E-state index contributed by atoms with van der Waals surface area (Å²) in [6.07, 6.45) is 7.75. The first-order valence-electron chi connectivity index (χ1n) is 11.7. The van der Waals surface area contributed by atoms with Crippen LogP contribution in [0.4, 0.5) is 5.82 Å². The smallest absolute Gasteiger partial charge is 0.252 e. The molecule has 1 atom stereocenters. The Morgan fingerprint density at radius 2 is 2.18 bits per heavy atom. The van der Waals surface area contributed by atoms with E-state index in [4.69, 9.17) is 16.4 Å². The van der Waals surface area contributed by atoms with Gasteiger partial charge in [0.1, 0.15) is 11.9 Å². The van der Waals surface area contributed by atoms with Crippen molar-refractivity contribution in [1.82, 2.24) is 10.3 Å². The number of nitrogen functional groups attached to an aromatic ring is 1. The summed E-state index contributed by atoms with van der Waals surface area (Å²) in [5.74, 6) is 11.4. The van der Waals surface area contributed by atoms with E-state index in [2.05, 4.69) is 53.4 Å². The lowest BCUT2D eigenvalue weighted by Gasteiger charge is -2.29. The fourth-order valence-electron chi connectivity index (χ4n) is 4.32. The van der Waals surface area contributed by atoms with Crippen LogP contribution in [0.25, 0.3) is 0 Å². The molecule has 34 heavy (non-hydrogen) atoms. The molecule has 3 rings (SSSR count). The number of hydrogen-bond acceptors (Lipinski definition) is 7. The molecule has 1 unspecified atom stereocenters. The first-order valence-corrected chi connectivity index (χ1v) is 11.7. The maximum absolute atomic E-state index is 12.4. The number of hydrazine groups is 1. The second-order valence-corrected chi connectivity index (χ2v) is 9.38. The molecular weight excluding hydrogens is 428 g/mol. The molecule has 6 N–H and O–H groups in total. The van der Waals surface area contributed by atoms with Crippen molar-refractivity contribution in [1.29, 1.82) is 0 Å². The Morgan fingerprint density at radius 3 is 2.85 bits per heavy atom. The molecule has 1 aliphatic rings. The number of rotatable bonds is 11. The zero-order valence-electron chi connectivity index (χ0n) is 20.1. The summed E-state index contributed by atoms with van der Waals surface area (Å²) in [5.41, 5.74) is 7.36. The lowest BCUT2D eigenvalue weighted by atomic mass is 9.84. The predicted molar refractivity (Wildman–Crippen MR) is 137 cm³/mol. The fourth-order valence-corrected chi connectivity index (χ4v) is 4.32. The van der Waals surface area contributed by atoms with Crippen LogP contribution in [0.15, 0.2) is 54.3 Å². The molecule has 0 aliphatic heterocycles. The molecule has 1 heterocycles. The second-order valence-electron chi connectivity index (χ2n) is 9.38. The van der Waals surface area contributed by atoms with Crippen LogP contribution < -0.4 is 22.4 Å². The number of aromatic nitrogens is 1. The molecule has 0 bridgehead atoms. The maximum atomic E-state index is 12.4. The predicted octanol–water partition coefficient (Wildman–Crippen LogP) is 3.33. The lowest BCUT2D eigenvalue weighted by Crippen LogP contribution is -2.35. The quantitative estimate of drug-likeness (QED) is 0.175. The third kappa shape index (κ3) is 6.42. The minimum absolute atomic E-state index is 0.0747. The largest absolute Gasteiger partial charge is 0.372 e. The van der Waals surface area contributed by atoms with Gasteiger partial charge < -0.3 is 21.3 Å². The van der Waals surface area contributed by atoms with Crippen molar-refractivity contribution in [3.8, 4) is 0 Å². The number of anilines is 1. The second kappa shape index (κ2) is 11.8. The Kier molecular flexibility index (Phi) is 8.79. The Balaban J connectivity index is 1.47. The lowest BCUT2D eigenvalue weighted by molar-refractivity contribution is 0.0798. The van der Waals surface area contributed by atoms with Crippen molar-refractivity contribution in [3.05, 3.63) is 71.4 Å². The summed E-state index contributed by atoms with van der Waals surface area (Å²) < 4.78 is 6.21. The van der Waals surface area contributed by atoms with E-state index in [0.717, 1.165) is 43.4 Å². The Morgan fingerprint density at radius 1 is 1.35 bits per heavy atom. The number of fused-ring (bicyclic) bond motifs is 1. The first-order chi connectivity index (χ1) is 16.4. The zero-order chi connectivity index (χ0) is 24.6. The number of nitrogens with two attached hydrogens (primary N) is 2. The number of amides is 1. The number of carbonyl (C=O) groups excluding carboxylic acids is 1. The molecule has 8 nitrogen and oxygen atoms in total. The molecule has 1 aromatic carbocycles. The van der Waals surface area contributed by atoms with Gasteiger partial charge in [-0.2, -0.15) is 5.10 Å². The Hall–Kier alpha value is -3.23. The Labute approximate surface area is 201 Å². The van der Waals surface area contributed by atoms with Crippen LogP contribution in [0.2, 0.25) is 0 Å². The summed E-state index contributed by atoms with van der Waals surface area (Å²) in [7, 11) is 0. The molecule has 0 fully saturated rings. The number of hydrogen-bond donors (Lipinski definition) is 4. The highest BCUT2D eigenvalue weighted by Crippen LogP contribution is 2.28. The van der Waals surface area contributed by atoms with Gasteiger partial charge in [0, 0.05) is 24.9 Å². The molecule has 0 saturated carbocycles. The molecule has 0 radical (unpaired) electrons. The Bertz CT molecular complexity index is 1020. The number of allylic oxidation sites excluding steroid dienone is 1. The highest BCUT2D eigenvalue weighted by atomic mass is 16.5. The van der Waals surface area contributed by atoms with Crippen LogP contribution in [0.5, 0.6) is 0 Å². The van der Waals surface area contributed by atoms with E-state index in [1.54, 1.807) is 12.1 Å². The van der Waals surface area contributed by atoms with Crippen LogP contribution in [0, 0.1) is 5.41 Å². The molecule has 1 amide bonds. The SMILES string of the molecule is C=CCc1cccc2c1CCC(OCCCC(C)(C)CNC(=O)c1ccc(NN)nc1)C2=NN. The number of ether oxygens (including phenoxy) is 1. The topological polar surface area (TPSA) is 128 Å². The average molecular weight is 465 g/mol. The summed E-state index contributed by atoms with van der Waals surface area (Å²) >= 11 is 0. The fraction of sp³-hybridized carbons (Fsp3) is 0.423. The van der Waals surface area contributed by atoms with Gasteiger partial charge >= 0.3 is 0 Å². The van der Waals surface area contributed by atoms with E-state index in [9.17, 15) is 4.79 Å². The number of benzene rings is 1. The normalized spacial score (nSPS) is 16.7. The van der Waals surface area contributed by atoms with Gasteiger partial charge in [0.15, 0.2) is 0 Å². The van der Waals surface area contributed by atoms with Crippen molar-refractivity contribution in [2.75, 3.05) is 18.6 Å². The van der Waals surface area contributed by atoms with Crippen molar-refractivity contribution in [3.63, 3.8) is 0 Å². The molecule has 8 heteroatoms. The number of carbonyl (C=O) groups is 1. The minimum Gasteiger partial charge on any atom is -0.372 e. The number of nitrogens with zero attached hydrogens (tertiary/aromatic N) is 2. The number of pyridine rings is 1. The summed E-state index contributed by atoms with van der Waals surface area (Å²) in [5, 5.41) is 7.09. The third-order valence-corrected chi connectivity index (χ3v) is 6.23. The summed E-state index contributed by atoms with van der Waals surface area (Å²) in [4.78, 5) is 16.5. The monoisotopic (exact) mass is 464 g/mol. The molecule has 0 spiro atoms. The minimum atomic E-state index is -0.152. The van der Waals surface area contributed by atoms with Crippen molar-refractivity contribution in [2.45, 2.75) is 52.1 Å². The van der Waals surface area contributed by atoms with Crippen molar-refractivity contribution >= 4 is 17.4 Å². The van der Waals surface area contributed by atoms with E-state index in [1.807, 2.05) is 12.1 Å². The van der Waals surface area contributed by atoms with E-state index in [1.165, 1.54) is 17.3 Å². The average Bonchev–Trinajstić information content (AvgIpc) is 2.85. The van der Waals surface area contributed by atoms with E-state index in [-0.39, 0.29) is 17.4 Å². The molecule has 182 valence electrons. The highest BCUT2D eigenvalue weighted by molar-refractivity contribution is 6.06. The van der Waals surface area contributed by atoms with Crippen molar-refractivity contribution in [2.24, 2.45) is 22.2 Å². The van der Waals surface area contributed by atoms with Crippen LogP contribution in [-0.2, 0) is 17.6 Å². The molecule has 1 aliphatic carbocycles. The number of hydrazone groups is 1. The highest BCUT2D eigenvalue weighted by Gasteiger charge is 2.28.